The third kappa shape index (κ3) is 3.42. The number of hydrogen-bond acceptors (Lipinski definition) is 3. The molecule has 2 rings (SSSR count). The van der Waals surface area contributed by atoms with E-state index in [1.54, 1.807) is 6.07 Å². The molecular formula is C16H19ClN2O3. The lowest BCUT2D eigenvalue weighted by molar-refractivity contribution is -0.123. The van der Waals surface area contributed by atoms with Gasteiger partial charge in [-0.3, -0.25) is 9.59 Å². The monoisotopic (exact) mass is 322 g/mol. The van der Waals surface area contributed by atoms with E-state index in [-0.39, 0.29) is 23.5 Å². The highest BCUT2D eigenvalue weighted by Gasteiger charge is 2.18. The highest BCUT2D eigenvalue weighted by molar-refractivity contribution is 6.35. The Hall–Kier alpha value is -2.01. The quantitative estimate of drug-likeness (QED) is 0.831. The number of rotatable bonds is 5. The van der Waals surface area contributed by atoms with Crippen LogP contribution in [0, 0.1) is 12.8 Å². The van der Waals surface area contributed by atoms with Crippen molar-refractivity contribution in [3.8, 4) is 0 Å². The first-order chi connectivity index (χ1) is 10.4. The minimum atomic E-state index is -0.316. The zero-order chi connectivity index (χ0) is 16.3. The van der Waals surface area contributed by atoms with E-state index in [4.69, 9.17) is 16.0 Å². The molecule has 0 fully saturated rings. The average molecular weight is 323 g/mol. The molecule has 2 aromatic rings. The van der Waals surface area contributed by atoms with Crippen LogP contribution in [0.4, 0.5) is 0 Å². The van der Waals surface area contributed by atoms with Crippen LogP contribution in [-0.4, -0.2) is 24.9 Å². The standard InChI is InChI=1S/C16H19ClN2O3/c1-9(2)15(20)18-7-8-19-16(21)13-10(3)11-5-4-6-12(17)14(11)22-13/h4-6,9H,7-8H2,1-3H3,(H,18,20)(H,19,21). The van der Waals surface area contributed by atoms with Gasteiger partial charge in [-0.2, -0.15) is 0 Å². The Labute approximate surface area is 134 Å². The highest BCUT2D eigenvalue weighted by Crippen LogP contribution is 2.30. The van der Waals surface area contributed by atoms with E-state index in [2.05, 4.69) is 10.6 Å². The van der Waals surface area contributed by atoms with Crippen molar-refractivity contribution in [2.75, 3.05) is 13.1 Å². The Bertz CT molecular complexity index is 707. The van der Waals surface area contributed by atoms with Gasteiger partial charge in [0.25, 0.3) is 5.91 Å². The van der Waals surface area contributed by atoms with Crippen molar-refractivity contribution in [1.82, 2.24) is 10.6 Å². The molecule has 0 radical (unpaired) electrons. The molecule has 118 valence electrons. The second kappa shape index (κ2) is 6.83. The topological polar surface area (TPSA) is 71.3 Å². The number of carbonyl (C=O) groups is 2. The molecule has 5 nitrogen and oxygen atoms in total. The molecule has 0 saturated heterocycles. The molecule has 0 unspecified atom stereocenters. The fraction of sp³-hybridized carbons (Fsp3) is 0.375. The first-order valence-corrected chi connectivity index (χ1v) is 7.53. The van der Waals surface area contributed by atoms with E-state index < -0.39 is 0 Å². The Balaban J connectivity index is 2.00. The molecule has 1 aromatic heterocycles. The van der Waals surface area contributed by atoms with Gasteiger partial charge in [-0.25, -0.2) is 0 Å². The van der Waals surface area contributed by atoms with Gasteiger partial charge in [0.05, 0.1) is 5.02 Å². The van der Waals surface area contributed by atoms with Crippen molar-refractivity contribution >= 4 is 34.4 Å². The van der Waals surface area contributed by atoms with Gasteiger partial charge in [-0.15, -0.1) is 0 Å². The Morgan fingerprint density at radius 2 is 1.91 bits per heavy atom. The summed E-state index contributed by atoms with van der Waals surface area (Å²) in [5.41, 5.74) is 1.26. The highest BCUT2D eigenvalue weighted by atomic mass is 35.5. The summed E-state index contributed by atoms with van der Waals surface area (Å²) < 4.78 is 5.58. The van der Waals surface area contributed by atoms with Crippen molar-refractivity contribution in [2.45, 2.75) is 20.8 Å². The second-order valence-corrected chi connectivity index (χ2v) is 5.78. The molecule has 1 aromatic carbocycles. The molecule has 22 heavy (non-hydrogen) atoms. The Kier molecular flexibility index (Phi) is 5.08. The number of para-hydroxylation sites is 1. The van der Waals surface area contributed by atoms with Gasteiger partial charge in [0.15, 0.2) is 11.3 Å². The van der Waals surface area contributed by atoms with E-state index in [9.17, 15) is 9.59 Å². The molecule has 6 heteroatoms. The number of halogens is 1. The summed E-state index contributed by atoms with van der Waals surface area (Å²) in [5, 5.41) is 6.76. The largest absolute Gasteiger partial charge is 0.449 e. The van der Waals surface area contributed by atoms with E-state index in [1.165, 1.54) is 0 Å². The van der Waals surface area contributed by atoms with Gasteiger partial charge in [-0.05, 0) is 13.0 Å². The van der Waals surface area contributed by atoms with Crippen molar-refractivity contribution in [2.24, 2.45) is 5.92 Å². The van der Waals surface area contributed by atoms with Crippen LogP contribution in [0.3, 0.4) is 0 Å². The molecule has 2 amide bonds. The first kappa shape index (κ1) is 16.4. The van der Waals surface area contributed by atoms with Crippen LogP contribution in [0.15, 0.2) is 22.6 Å². The molecule has 0 bridgehead atoms. The predicted molar refractivity (Wildman–Crippen MR) is 86.1 cm³/mol. The van der Waals surface area contributed by atoms with Crippen molar-refractivity contribution in [1.29, 1.82) is 0 Å². The molecule has 0 atom stereocenters. The van der Waals surface area contributed by atoms with Crippen molar-refractivity contribution in [3.63, 3.8) is 0 Å². The van der Waals surface area contributed by atoms with Gasteiger partial charge < -0.3 is 15.1 Å². The number of aryl methyl sites for hydroxylation is 1. The van der Waals surface area contributed by atoms with Gasteiger partial charge >= 0.3 is 0 Å². The smallest absolute Gasteiger partial charge is 0.287 e. The summed E-state index contributed by atoms with van der Waals surface area (Å²) in [6, 6.07) is 5.39. The van der Waals surface area contributed by atoms with Crippen LogP contribution in [0.1, 0.15) is 30.0 Å². The fourth-order valence-corrected chi connectivity index (χ4v) is 2.28. The SMILES string of the molecule is Cc1c(C(=O)NCCNC(=O)C(C)C)oc2c(Cl)cccc12. The number of carbonyl (C=O) groups excluding carboxylic acids is 2. The molecule has 1 heterocycles. The first-order valence-electron chi connectivity index (χ1n) is 7.15. The lowest BCUT2D eigenvalue weighted by atomic mass is 10.1. The maximum atomic E-state index is 12.2. The summed E-state index contributed by atoms with van der Waals surface area (Å²) in [6.07, 6.45) is 0. The van der Waals surface area contributed by atoms with E-state index in [0.717, 1.165) is 10.9 Å². The summed E-state index contributed by atoms with van der Waals surface area (Å²) in [4.78, 5) is 23.6. The van der Waals surface area contributed by atoms with Crippen molar-refractivity contribution in [3.05, 3.63) is 34.5 Å². The molecule has 0 spiro atoms. The van der Waals surface area contributed by atoms with E-state index >= 15 is 0 Å². The minimum absolute atomic E-state index is 0.0408. The molecule has 0 aliphatic heterocycles. The molecular weight excluding hydrogens is 304 g/mol. The number of fused-ring (bicyclic) bond motifs is 1. The summed E-state index contributed by atoms with van der Waals surface area (Å²) in [7, 11) is 0. The van der Waals surface area contributed by atoms with Crippen LogP contribution in [-0.2, 0) is 4.79 Å². The molecule has 0 saturated carbocycles. The van der Waals surface area contributed by atoms with Crippen LogP contribution < -0.4 is 10.6 Å². The van der Waals surface area contributed by atoms with Crippen LogP contribution >= 0.6 is 11.6 Å². The number of furan rings is 1. The van der Waals surface area contributed by atoms with Crippen LogP contribution in [0.25, 0.3) is 11.0 Å². The van der Waals surface area contributed by atoms with Crippen LogP contribution in [0.5, 0.6) is 0 Å². The molecule has 2 N–H and O–H groups in total. The van der Waals surface area contributed by atoms with Crippen LogP contribution in [0.2, 0.25) is 5.02 Å². The number of nitrogens with one attached hydrogen (secondary N) is 2. The zero-order valence-electron chi connectivity index (χ0n) is 12.8. The number of hydrogen-bond donors (Lipinski definition) is 2. The summed E-state index contributed by atoms with van der Waals surface area (Å²) in [5.74, 6) is -0.182. The van der Waals surface area contributed by atoms with Gasteiger partial charge in [-0.1, -0.05) is 37.6 Å². The lowest BCUT2D eigenvalue weighted by Crippen LogP contribution is -2.36. The normalized spacial score (nSPS) is 11.0. The van der Waals surface area contributed by atoms with E-state index in [1.807, 2.05) is 32.9 Å². The Morgan fingerprint density at radius 3 is 2.55 bits per heavy atom. The van der Waals surface area contributed by atoms with Crippen molar-refractivity contribution < 1.29 is 14.0 Å². The van der Waals surface area contributed by atoms with Gasteiger partial charge in [0, 0.05) is 30.0 Å². The fourth-order valence-electron chi connectivity index (χ4n) is 2.07. The van der Waals surface area contributed by atoms with E-state index in [0.29, 0.717) is 23.7 Å². The average Bonchev–Trinajstić information content (AvgIpc) is 2.82. The summed E-state index contributed by atoms with van der Waals surface area (Å²) in [6.45, 7) is 6.16. The number of benzene rings is 1. The zero-order valence-corrected chi connectivity index (χ0v) is 13.6. The Morgan fingerprint density at radius 1 is 1.23 bits per heavy atom. The lowest BCUT2D eigenvalue weighted by Gasteiger charge is -2.08. The number of amides is 2. The summed E-state index contributed by atoms with van der Waals surface area (Å²) >= 11 is 6.07. The molecule has 0 aliphatic rings. The maximum absolute atomic E-state index is 12.2. The maximum Gasteiger partial charge on any atom is 0.287 e. The third-order valence-corrected chi connectivity index (χ3v) is 3.65. The van der Waals surface area contributed by atoms with Gasteiger partial charge in [0.1, 0.15) is 0 Å². The predicted octanol–water partition coefficient (Wildman–Crippen LogP) is 2.90. The second-order valence-electron chi connectivity index (χ2n) is 5.37. The van der Waals surface area contributed by atoms with Gasteiger partial charge in [0.2, 0.25) is 5.91 Å². The molecule has 0 aliphatic carbocycles. The third-order valence-electron chi connectivity index (χ3n) is 3.36. The minimum Gasteiger partial charge on any atom is -0.449 e.